The Morgan fingerprint density at radius 2 is 1.92 bits per heavy atom. The van der Waals surface area contributed by atoms with Gasteiger partial charge in [0, 0.05) is 24.7 Å². The summed E-state index contributed by atoms with van der Waals surface area (Å²) in [6, 6.07) is 9.87. The van der Waals surface area contributed by atoms with E-state index in [4.69, 9.17) is 4.74 Å². The summed E-state index contributed by atoms with van der Waals surface area (Å²) in [4.78, 5) is 26.4. The van der Waals surface area contributed by atoms with Gasteiger partial charge in [-0.25, -0.2) is 4.68 Å². The van der Waals surface area contributed by atoms with Gasteiger partial charge in [0.05, 0.1) is 12.3 Å². The van der Waals surface area contributed by atoms with Gasteiger partial charge in [0.1, 0.15) is 11.8 Å². The number of nitrogens with zero attached hydrogens (tertiary/aromatic N) is 3. The number of ether oxygens (including phenoxy) is 1. The third-order valence-corrected chi connectivity index (χ3v) is 3.89. The van der Waals surface area contributed by atoms with Gasteiger partial charge in [0.25, 0.3) is 5.56 Å². The number of benzene rings is 1. The van der Waals surface area contributed by atoms with Crippen molar-refractivity contribution in [3.63, 3.8) is 0 Å². The van der Waals surface area contributed by atoms with Crippen LogP contribution in [0.3, 0.4) is 0 Å². The second-order valence-electron chi connectivity index (χ2n) is 6.23. The first-order chi connectivity index (χ1) is 12.4. The topological polar surface area (TPSA) is 76.5 Å². The van der Waals surface area contributed by atoms with E-state index < -0.39 is 6.04 Å². The predicted molar refractivity (Wildman–Crippen MR) is 101 cm³/mol. The van der Waals surface area contributed by atoms with E-state index >= 15 is 0 Å². The molecule has 0 saturated carbocycles. The number of amides is 1. The smallest absolute Gasteiger partial charge is 0.267 e. The molecule has 2 aromatic rings. The SMILES string of the molecule is CCOc1ccc(-c2ccc(=O)n(C(C)C(=O)NCCN(C)C)n2)cc1. The van der Waals surface area contributed by atoms with Gasteiger partial charge < -0.3 is 15.0 Å². The Hall–Kier alpha value is -2.67. The molecule has 1 aromatic carbocycles. The number of rotatable bonds is 8. The molecule has 0 aliphatic rings. The highest BCUT2D eigenvalue weighted by Gasteiger charge is 2.17. The van der Waals surface area contributed by atoms with Crippen molar-refractivity contribution >= 4 is 5.91 Å². The highest BCUT2D eigenvalue weighted by Crippen LogP contribution is 2.20. The Morgan fingerprint density at radius 1 is 1.23 bits per heavy atom. The van der Waals surface area contributed by atoms with Crippen LogP contribution >= 0.6 is 0 Å². The lowest BCUT2D eigenvalue weighted by molar-refractivity contribution is -0.124. The number of hydrogen-bond donors (Lipinski definition) is 1. The molecule has 7 heteroatoms. The normalized spacial score (nSPS) is 12.0. The van der Waals surface area contributed by atoms with Crippen molar-refractivity contribution in [3.05, 3.63) is 46.8 Å². The summed E-state index contributed by atoms with van der Waals surface area (Å²) in [5.74, 6) is 0.545. The van der Waals surface area contributed by atoms with Crippen LogP contribution in [0.2, 0.25) is 0 Å². The van der Waals surface area contributed by atoms with E-state index in [9.17, 15) is 9.59 Å². The van der Waals surface area contributed by atoms with Crippen LogP contribution in [0.4, 0.5) is 0 Å². The second kappa shape index (κ2) is 9.15. The summed E-state index contributed by atoms with van der Waals surface area (Å²) in [5, 5.41) is 7.20. The summed E-state index contributed by atoms with van der Waals surface area (Å²) in [6.07, 6.45) is 0. The molecule has 0 saturated heterocycles. The molecule has 0 aliphatic heterocycles. The Kier molecular flexibility index (Phi) is 6.91. The molecule has 1 unspecified atom stereocenters. The first kappa shape index (κ1) is 19.7. The lowest BCUT2D eigenvalue weighted by atomic mass is 10.1. The molecule has 0 spiro atoms. The fourth-order valence-electron chi connectivity index (χ4n) is 2.41. The van der Waals surface area contributed by atoms with Gasteiger partial charge in [-0.1, -0.05) is 0 Å². The van der Waals surface area contributed by atoms with E-state index in [0.29, 0.717) is 18.8 Å². The highest BCUT2D eigenvalue weighted by atomic mass is 16.5. The van der Waals surface area contributed by atoms with Crippen molar-refractivity contribution < 1.29 is 9.53 Å². The Bertz CT molecular complexity index is 784. The minimum absolute atomic E-state index is 0.231. The number of carbonyl (C=O) groups is 1. The van der Waals surface area contributed by atoms with Crippen LogP contribution in [0.5, 0.6) is 5.75 Å². The zero-order chi connectivity index (χ0) is 19.1. The first-order valence-electron chi connectivity index (χ1n) is 8.68. The van der Waals surface area contributed by atoms with E-state index in [1.54, 1.807) is 13.0 Å². The van der Waals surface area contributed by atoms with E-state index in [-0.39, 0.29) is 11.5 Å². The van der Waals surface area contributed by atoms with Gasteiger partial charge >= 0.3 is 0 Å². The van der Waals surface area contributed by atoms with E-state index in [2.05, 4.69) is 10.4 Å². The fraction of sp³-hybridized carbons (Fsp3) is 0.421. The van der Waals surface area contributed by atoms with Gasteiger partial charge in [0.2, 0.25) is 5.91 Å². The van der Waals surface area contributed by atoms with Crippen LogP contribution in [0.1, 0.15) is 19.9 Å². The maximum atomic E-state index is 12.3. The summed E-state index contributed by atoms with van der Waals surface area (Å²) in [7, 11) is 3.86. The molecule has 1 atom stereocenters. The van der Waals surface area contributed by atoms with Crippen molar-refractivity contribution in [1.82, 2.24) is 20.0 Å². The van der Waals surface area contributed by atoms with Crippen LogP contribution in [-0.4, -0.2) is 54.4 Å². The van der Waals surface area contributed by atoms with Crippen molar-refractivity contribution in [3.8, 4) is 17.0 Å². The quantitative estimate of drug-likeness (QED) is 0.775. The van der Waals surface area contributed by atoms with Gasteiger partial charge in [-0.15, -0.1) is 0 Å². The van der Waals surface area contributed by atoms with E-state index in [1.807, 2.05) is 50.2 Å². The van der Waals surface area contributed by atoms with Gasteiger partial charge in [-0.2, -0.15) is 5.10 Å². The number of aromatic nitrogens is 2. The average Bonchev–Trinajstić information content (AvgIpc) is 2.62. The molecule has 140 valence electrons. The summed E-state index contributed by atoms with van der Waals surface area (Å²) < 4.78 is 6.65. The molecule has 0 bridgehead atoms. The monoisotopic (exact) mass is 358 g/mol. The molecule has 0 radical (unpaired) electrons. The molecule has 7 nitrogen and oxygen atoms in total. The standard InChI is InChI=1S/C19H26N4O3/c1-5-26-16-8-6-15(7-9-16)17-10-11-18(24)23(21-17)14(2)19(25)20-12-13-22(3)4/h6-11,14H,5,12-13H2,1-4H3,(H,20,25). The van der Waals surface area contributed by atoms with Gasteiger partial charge in [-0.05, 0) is 58.3 Å². The third-order valence-electron chi connectivity index (χ3n) is 3.89. The molecular formula is C19H26N4O3. The van der Waals surface area contributed by atoms with Crippen molar-refractivity contribution in [2.45, 2.75) is 19.9 Å². The second-order valence-corrected chi connectivity index (χ2v) is 6.23. The molecule has 0 fully saturated rings. The largest absolute Gasteiger partial charge is 0.494 e. The minimum Gasteiger partial charge on any atom is -0.494 e. The Labute approximate surface area is 153 Å². The van der Waals surface area contributed by atoms with Crippen LogP contribution in [-0.2, 0) is 4.79 Å². The first-order valence-corrected chi connectivity index (χ1v) is 8.68. The average molecular weight is 358 g/mol. The number of carbonyl (C=O) groups excluding carboxylic acids is 1. The molecule has 1 aromatic heterocycles. The van der Waals surface area contributed by atoms with Crippen molar-refractivity contribution in [2.75, 3.05) is 33.8 Å². The lowest BCUT2D eigenvalue weighted by Gasteiger charge is -2.16. The molecular weight excluding hydrogens is 332 g/mol. The zero-order valence-corrected chi connectivity index (χ0v) is 15.7. The van der Waals surface area contributed by atoms with Crippen molar-refractivity contribution in [2.24, 2.45) is 0 Å². The zero-order valence-electron chi connectivity index (χ0n) is 15.7. The fourth-order valence-corrected chi connectivity index (χ4v) is 2.41. The molecule has 1 amide bonds. The summed E-state index contributed by atoms with van der Waals surface area (Å²) in [5.41, 5.74) is 1.16. The predicted octanol–water partition coefficient (Wildman–Crippen LogP) is 1.55. The van der Waals surface area contributed by atoms with E-state index in [0.717, 1.165) is 17.9 Å². The molecule has 1 heterocycles. The number of hydrogen-bond acceptors (Lipinski definition) is 5. The number of nitrogens with one attached hydrogen (secondary N) is 1. The molecule has 26 heavy (non-hydrogen) atoms. The molecule has 2 rings (SSSR count). The summed E-state index contributed by atoms with van der Waals surface area (Å²) in [6.45, 7) is 5.44. The van der Waals surface area contributed by atoms with Crippen LogP contribution in [0.15, 0.2) is 41.2 Å². The third kappa shape index (κ3) is 5.16. The molecule has 1 N–H and O–H groups in total. The Balaban J connectivity index is 2.18. The maximum Gasteiger partial charge on any atom is 0.267 e. The maximum absolute atomic E-state index is 12.3. The van der Waals surface area contributed by atoms with Crippen LogP contribution in [0.25, 0.3) is 11.3 Å². The summed E-state index contributed by atoms with van der Waals surface area (Å²) >= 11 is 0. The van der Waals surface area contributed by atoms with E-state index in [1.165, 1.54) is 10.7 Å². The highest BCUT2D eigenvalue weighted by molar-refractivity contribution is 5.79. The van der Waals surface area contributed by atoms with Gasteiger partial charge in [-0.3, -0.25) is 9.59 Å². The van der Waals surface area contributed by atoms with Crippen molar-refractivity contribution in [1.29, 1.82) is 0 Å². The lowest BCUT2D eigenvalue weighted by Crippen LogP contribution is -2.39. The molecule has 0 aliphatic carbocycles. The van der Waals surface area contributed by atoms with Crippen LogP contribution in [0, 0.1) is 0 Å². The van der Waals surface area contributed by atoms with Crippen LogP contribution < -0.4 is 15.6 Å². The Morgan fingerprint density at radius 3 is 2.54 bits per heavy atom. The van der Waals surface area contributed by atoms with Gasteiger partial charge in [0.15, 0.2) is 0 Å². The number of likely N-dealkylation sites (N-methyl/N-ethyl adjacent to an activating group) is 1. The minimum atomic E-state index is -0.688.